The summed E-state index contributed by atoms with van der Waals surface area (Å²) in [5.41, 5.74) is 0.760. The smallest absolute Gasteiger partial charge is 0.129 e. The van der Waals surface area contributed by atoms with Crippen LogP contribution in [0.1, 0.15) is 31.2 Å². The highest BCUT2D eigenvalue weighted by Gasteiger charge is 2.47. The molecule has 2 unspecified atom stereocenters. The summed E-state index contributed by atoms with van der Waals surface area (Å²) in [6.07, 6.45) is 5.25. The first kappa shape index (κ1) is 17.4. The molecule has 0 aromatic heterocycles. The lowest BCUT2D eigenvalue weighted by molar-refractivity contribution is -0.0491. The summed E-state index contributed by atoms with van der Waals surface area (Å²) < 4.78 is 14.0. The Labute approximate surface area is 160 Å². The number of hydrogen-bond donors (Lipinski definition) is 1. The first-order chi connectivity index (χ1) is 12.6. The molecule has 2 atom stereocenters. The van der Waals surface area contributed by atoms with Gasteiger partial charge < -0.3 is 10.2 Å². The zero-order chi connectivity index (χ0) is 17.7. The Morgan fingerprint density at radius 1 is 1.08 bits per heavy atom. The standard InChI is InChI=1S/C21H29ClFN3/c22-18-2-1-15(20(23)9-18)11-25-5-3-19(4-6-25)24-21-16-7-14-8-17(21)13-26(10-14)12-16/h1-2,9,14,16-17,19,21,24H,3-8,10-13H2. The second-order valence-electron chi connectivity index (χ2n) is 9.05. The Kier molecular flexibility index (Phi) is 4.72. The third-order valence-corrected chi connectivity index (χ3v) is 7.45. The minimum atomic E-state index is -0.179. The Morgan fingerprint density at radius 3 is 2.46 bits per heavy atom. The molecular weight excluding hydrogens is 349 g/mol. The fourth-order valence-electron chi connectivity index (χ4n) is 6.10. The maximum atomic E-state index is 14.0. The van der Waals surface area contributed by atoms with E-state index in [2.05, 4.69) is 15.1 Å². The number of likely N-dealkylation sites (tertiary alicyclic amines) is 1. The summed E-state index contributed by atoms with van der Waals surface area (Å²) in [4.78, 5) is 5.08. The first-order valence-electron chi connectivity index (χ1n) is 10.3. The van der Waals surface area contributed by atoms with Gasteiger partial charge in [0, 0.05) is 48.8 Å². The number of nitrogens with zero attached hydrogens (tertiary/aromatic N) is 2. The summed E-state index contributed by atoms with van der Waals surface area (Å²) in [6, 6.07) is 6.42. The van der Waals surface area contributed by atoms with Gasteiger partial charge in [-0.2, -0.15) is 0 Å². The maximum absolute atomic E-state index is 14.0. The van der Waals surface area contributed by atoms with E-state index in [1.54, 1.807) is 6.07 Å². The SMILES string of the molecule is Fc1cc(Cl)ccc1CN1CCC(NC2C3CC4CC2CN(C4)C3)CC1. The van der Waals surface area contributed by atoms with Gasteiger partial charge in [0.2, 0.25) is 0 Å². The van der Waals surface area contributed by atoms with Gasteiger partial charge in [-0.05, 0) is 68.7 Å². The molecule has 5 aliphatic rings. The van der Waals surface area contributed by atoms with Crippen molar-refractivity contribution in [1.29, 1.82) is 0 Å². The van der Waals surface area contributed by atoms with Crippen molar-refractivity contribution in [3.05, 3.63) is 34.6 Å². The van der Waals surface area contributed by atoms with Crippen LogP contribution in [0.5, 0.6) is 0 Å². The molecule has 26 heavy (non-hydrogen) atoms. The van der Waals surface area contributed by atoms with Crippen molar-refractivity contribution in [2.24, 2.45) is 17.8 Å². The van der Waals surface area contributed by atoms with Gasteiger partial charge in [0.25, 0.3) is 0 Å². The summed E-state index contributed by atoms with van der Waals surface area (Å²) in [5, 5.41) is 4.53. The molecule has 4 bridgehead atoms. The highest BCUT2D eigenvalue weighted by Crippen LogP contribution is 2.43. The molecule has 1 aromatic rings. The number of benzene rings is 1. The molecule has 5 fully saturated rings. The molecule has 0 radical (unpaired) electrons. The Bertz CT molecular complexity index is 631. The van der Waals surface area contributed by atoms with Crippen LogP contribution in [0, 0.1) is 23.6 Å². The molecule has 5 heteroatoms. The highest BCUT2D eigenvalue weighted by atomic mass is 35.5. The van der Waals surface area contributed by atoms with Crippen LogP contribution in [-0.2, 0) is 6.54 Å². The van der Waals surface area contributed by atoms with Crippen LogP contribution in [0.15, 0.2) is 18.2 Å². The Balaban J connectivity index is 1.14. The van der Waals surface area contributed by atoms with Crippen molar-refractivity contribution in [3.8, 4) is 0 Å². The van der Waals surface area contributed by atoms with E-state index in [0.717, 1.165) is 42.4 Å². The average molecular weight is 378 g/mol. The summed E-state index contributed by atoms with van der Waals surface area (Å²) >= 11 is 5.86. The van der Waals surface area contributed by atoms with Gasteiger partial charge in [0.15, 0.2) is 0 Å². The van der Waals surface area contributed by atoms with Crippen molar-refractivity contribution in [1.82, 2.24) is 15.1 Å². The predicted octanol–water partition coefficient (Wildman–Crippen LogP) is 3.37. The van der Waals surface area contributed by atoms with Crippen molar-refractivity contribution >= 4 is 11.6 Å². The fraction of sp³-hybridized carbons (Fsp3) is 0.714. The quantitative estimate of drug-likeness (QED) is 0.867. The molecule has 4 aliphatic heterocycles. The van der Waals surface area contributed by atoms with Crippen LogP contribution in [0.3, 0.4) is 0 Å². The lowest BCUT2D eigenvalue weighted by Gasteiger charge is -2.57. The van der Waals surface area contributed by atoms with E-state index in [0.29, 0.717) is 17.6 Å². The van der Waals surface area contributed by atoms with E-state index in [9.17, 15) is 4.39 Å². The largest absolute Gasteiger partial charge is 0.310 e. The zero-order valence-electron chi connectivity index (χ0n) is 15.3. The van der Waals surface area contributed by atoms with Crippen molar-refractivity contribution < 1.29 is 4.39 Å². The van der Waals surface area contributed by atoms with Gasteiger partial charge in [-0.15, -0.1) is 0 Å². The topological polar surface area (TPSA) is 18.5 Å². The normalized spacial score (nSPS) is 37.4. The van der Waals surface area contributed by atoms with Crippen LogP contribution < -0.4 is 5.32 Å². The fourth-order valence-corrected chi connectivity index (χ4v) is 6.26. The molecule has 4 saturated heterocycles. The molecule has 1 aliphatic carbocycles. The van der Waals surface area contributed by atoms with Gasteiger partial charge in [-0.25, -0.2) is 4.39 Å². The van der Waals surface area contributed by atoms with E-state index in [1.165, 1.54) is 51.4 Å². The monoisotopic (exact) mass is 377 g/mol. The van der Waals surface area contributed by atoms with Crippen molar-refractivity contribution in [2.45, 2.75) is 44.3 Å². The van der Waals surface area contributed by atoms with Gasteiger partial charge >= 0.3 is 0 Å². The lowest BCUT2D eigenvalue weighted by Crippen LogP contribution is -2.65. The zero-order valence-corrected chi connectivity index (χ0v) is 16.1. The highest BCUT2D eigenvalue weighted by molar-refractivity contribution is 6.30. The third-order valence-electron chi connectivity index (χ3n) is 7.21. The van der Waals surface area contributed by atoms with Crippen molar-refractivity contribution in [2.75, 3.05) is 32.7 Å². The molecule has 0 amide bonds. The molecule has 4 heterocycles. The van der Waals surface area contributed by atoms with Crippen LogP contribution in [0.25, 0.3) is 0 Å². The van der Waals surface area contributed by atoms with Crippen molar-refractivity contribution in [3.63, 3.8) is 0 Å². The van der Waals surface area contributed by atoms with Crippen LogP contribution in [-0.4, -0.2) is 54.6 Å². The molecule has 6 rings (SSSR count). The van der Waals surface area contributed by atoms with Gasteiger partial charge in [-0.1, -0.05) is 17.7 Å². The number of rotatable bonds is 4. The van der Waals surface area contributed by atoms with E-state index in [-0.39, 0.29) is 5.82 Å². The molecule has 1 saturated carbocycles. The average Bonchev–Trinajstić information content (AvgIpc) is 2.61. The van der Waals surface area contributed by atoms with Gasteiger partial charge in [0.05, 0.1) is 0 Å². The van der Waals surface area contributed by atoms with E-state index in [4.69, 9.17) is 11.6 Å². The summed E-state index contributed by atoms with van der Waals surface area (Å²) in [6.45, 7) is 6.80. The first-order valence-corrected chi connectivity index (χ1v) is 10.7. The van der Waals surface area contributed by atoms with Crippen LogP contribution >= 0.6 is 11.6 Å². The van der Waals surface area contributed by atoms with Crippen LogP contribution in [0.4, 0.5) is 4.39 Å². The molecule has 3 nitrogen and oxygen atoms in total. The molecule has 1 N–H and O–H groups in total. The number of nitrogens with one attached hydrogen (secondary N) is 1. The number of hydrogen-bond acceptors (Lipinski definition) is 3. The minimum Gasteiger partial charge on any atom is -0.310 e. The Morgan fingerprint density at radius 2 is 1.81 bits per heavy atom. The number of halogens is 2. The van der Waals surface area contributed by atoms with E-state index < -0.39 is 0 Å². The van der Waals surface area contributed by atoms with Crippen LogP contribution in [0.2, 0.25) is 5.02 Å². The second-order valence-corrected chi connectivity index (χ2v) is 9.49. The predicted molar refractivity (Wildman–Crippen MR) is 103 cm³/mol. The molecule has 1 aromatic carbocycles. The van der Waals surface area contributed by atoms with E-state index in [1.807, 2.05) is 6.07 Å². The maximum Gasteiger partial charge on any atom is 0.129 e. The third kappa shape index (κ3) is 3.42. The summed E-state index contributed by atoms with van der Waals surface area (Å²) in [5.74, 6) is 2.55. The van der Waals surface area contributed by atoms with E-state index >= 15 is 0 Å². The molecule has 0 spiro atoms. The Hall–Kier alpha value is -0.680. The lowest BCUT2D eigenvalue weighted by atomic mass is 9.65. The second kappa shape index (κ2) is 7.05. The number of piperidine rings is 4. The minimum absolute atomic E-state index is 0.179. The van der Waals surface area contributed by atoms with Gasteiger partial charge in [-0.3, -0.25) is 4.90 Å². The van der Waals surface area contributed by atoms with Gasteiger partial charge in [0.1, 0.15) is 5.82 Å². The molecule has 142 valence electrons. The summed E-state index contributed by atoms with van der Waals surface area (Å²) in [7, 11) is 0. The molecular formula is C21H29ClFN3.